The van der Waals surface area contributed by atoms with Crippen LogP contribution in [-0.2, 0) is 11.2 Å². The second-order valence-corrected chi connectivity index (χ2v) is 4.54. The molecule has 1 heterocycles. The Bertz CT molecular complexity index is 338. The van der Waals surface area contributed by atoms with Crippen LogP contribution in [0.1, 0.15) is 38.3 Å². The second kappa shape index (κ2) is 7.56. The van der Waals surface area contributed by atoms with Crippen molar-refractivity contribution < 1.29 is 9.15 Å². The fraction of sp³-hybridized carbons (Fsp3) is 0.714. The average Bonchev–Trinajstić information content (AvgIpc) is 2.84. The monoisotopic (exact) mass is 254 g/mol. The SMILES string of the molecule is CCc1ccc(C(CN)N(CC)C(C)COC)o1. The Balaban J connectivity index is 2.85. The van der Waals surface area contributed by atoms with E-state index in [0.29, 0.717) is 19.2 Å². The lowest BCUT2D eigenvalue weighted by molar-refractivity contribution is 0.0676. The third-order valence-electron chi connectivity index (χ3n) is 3.32. The van der Waals surface area contributed by atoms with E-state index in [0.717, 1.165) is 24.5 Å². The molecular formula is C14H26N2O2. The number of ether oxygens (including phenoxy) is 1. The van der Waals surface area contributed by atoms with Gasteiger partial charge >= 0.3 is 0 Å². The Morgan fingerprint density at radius 1 is 1.39 bits per heavy atom. The first-order chi connectivity index (χ1) is 8.67. The van der Waals surface area contributed by atoms with Crippen LogP contribution in [-0.4, -0.2) is 37.7 Å². The number of methoxy groups -OCH3 is 1. The van der Waals surface area contributed by atoms with Crippen LogP contribution < -0.4 is 5.73 Å². The fourth-order valence-corrected chi connectivity index (χ4v) is 2.35. The van der Waals surface area contributed by atoms with Gasteiger partial charge in [0.05, 0.1) is 12.6 Å². The molecule has 0 saturated carbocycles. The number of rotatable bonds is 8. The molecule has 0 amide bonds. The first kappa shape index (κ1) is 15.2. The standard InChI is InChI=1S/C14H26N2O2/c1-5-12-7-8-14(18-12)13(9-15)16(6-2)11(3)10-17-4/h7-8,11,13H,5-6,9-10,15H2,1-4H3. The van der Waals surface area contributed by atoms with E-state index >= 15 is 0 Å². The van der Waals surface area contributed by atoms with Gasteiger partial charge < -0.3 is 14.9 Å². The molecule has 104 valence electrons. The van der Waals surface area contributed by atoms with Crippen LogP contribution >= 0.6 is 0 Å². The molecular weight excluding hydrogens is 228 g/mol. The minimum atomic E-state index is 0.125. The predicted octanol–water partition coefficient (Wildman–Crippen LogP) is 2.20. The van der Waals surface area contributed by atoms with Gasteiger partial charge in [0.2, 0.25) is 0 Å². The number of hydrogen-bond donors (Lipinski definition) is 1. The van der Waals surface area contributed by atoms with Crippen LogP contribution in [0.25, 0.3) is 0 Å². The molecule has 0 aromatic carbocycles. The highest BCUT2D eigenvalue weighted by Gasteiger charge is 2.25. The normalized spacial score (nSPS) is 15.0. The van der Waals surface area contributed by atoms with Crippen LogP contribution in [0.2, 0.25) is 0 Å². The van der Waals surface area contributed by atoms with E-state index in [-0.39, 0.29) is 6.04 Å². The third kappa shape index (κ3) is 3.57. The zero-order valence-corrected chi connectivity index (χ0v) is 12.0. The molecule has 4 heteroatoms. The van der Waals surface area contributed by atoms with Gasteiger partial charge in [0.1, 0.15) is 11.5 Å². The molecule has 1 aromatic rings. The molecule has 0 spiro atoms. The molecule has 0 radical (unpaired) electrons. The van der Waals surface area contributed by atoms with Crippen molar-refractivity contribution in [3.8, 4) is 0 Å². The summed E-state index contributed by atoms with van der Waals surface area (Å²) in [6.45, 7) is 8.56. The number of aryl methyl sites for hydroxylation is 1. The second-order valence-electron chi connectivity index (χ2n) is 4.54. The van der Waals surface area contributed by atoms with E-state index in [1.807, 2.05) is 12.1 Å². The summed E-state index contributed by atoms with van der Waals surface area (Å²) in [7, 11) is 1.73. The van der Waals surface area contributed by atoms with Crippen molar-refractivity contribution in [2.75, 3.05) is 26.8 Å². The Kier molecular flexibility index (Phi) is 6.39. The van der Waals surface area contributed by atoms with Gasteiger partial charge in [0.15, 0.2) is 0 Å². The first-order valence-corrected chi connectivity index (χ1v) is 6.71. The minimum absolute atomic E-state index is 0.125. The maximum Gasteiger partial charge on any atom is 0.122 e. The van der Waals surface area contributed by atoms with E-state index < -0.39 is 0 Å². The molecule has 1 rings (SSSR count). The van der Waals surface area contributed by atoms with Gasteiger partial charge in [-0.2, -0.15) is 0 Å². The van der Waals surface area contributed by atoms with Crippen molar-refractivity contribution in [3.63, 3.8) is 0 Å². The van der Waals surface area contributed by atoms with Crippen molar-refractivity contribution in [2.45, 2.75) is 39.3 Å². The maximum absolute atomic E-state index is 5.92. The van der Waals surface area contributed by atoms with Crippen molar-refractivity contribution in [3.05, 3.63) is 23.7 Å². The zero-order chi connectivity index (χ0) is 13.5. The maximum atomic E-state index is 5.92. The molecule has 0 aliphatic carbocycles. The number of likely N-dealkylation sites (N-methyl/N-ethyl adjacent to an activating group) is 1. The summed E-state index contributed by atoms with van der Waals surface area (Å²) < 4.78 is 11.1. The molecule has 0 saturated heterocycles. The van der Waals surface area contributed by atoms with Crippen LogP contribution in [0, 0.1) is 0 Å². The van der Waals surface area contributed by atoms with Crippen LogP contribution in [0.5, 0.6) is 0 Å². The van der Waals surface area contributed by atoms with Crippen molar-refractivity contribution in [1.82, 2.24) is 4.90 Å². The minimum Gasteiger partial charge on any atom is -0.464 e. The van der Waals surface area contributed by atoms with E-state index in [1.165, 1.54) is 0 Å². The van der Waals surface area contributed by atoms with Gasteiger partial charge in [0.25, 0.3) is 0 Å². The molecule has 2 atom stereocenters. The molecule has 1 aromatic heterocycles. The van der Waals surface area contributed by atoms with Gasteiger partial charge in [-0.1, -0.05) is 13.8 Å². The summed E-state index contributed by atoms with van der Waals surface area (Å²) in [6.07, 6.45) is 0.914. The molecule has 2 unspecified atom stereocenters. The number of furan rings is 1. The van der Waals surface area contributed by atoms with E-state index in [4.69, 9.17) is 14.9 Å². The number of hydrogen-bond acceptors (Lipinski definition) is 4. The van der Waals surface area contributed by atoms with Crippen LogP contribution in [0.3, 0.4) is 0 Å². The van der Waals surface area contributed by atoms with Gasteiger partial charge in [0, 0.05) is 26.1 Å². The smallest absolute Gasteiger partial charge is 0.122 e. The van der Waals surface area contributed by atoms with Crippen LogP contribution in [0.4, 0.5) is 0 Å². The van der Waals surface area contributed by atoms with E-state index in [1.54, 1.807) is 7.11 Å². The fourth-order valence-electron chi connectivity index (χ4n) is 2.35. The molecule has 0 fully saturated rings. The quantitative estimate of drug-likeness (QED) is 0.772. The van der Waals surface area contributed by atoms with Gasteiger partial charge in [-0.3, -0.25) is 4.90 Å². The van der Waals surface area contributed by atoms with Gasteiger partial charge in [-0.15, -0.1) is 0 Å². The molecule has 2 N–H and O–H groups in total. The largest absolute Gasteiger partial charge is 0.464 e. The topological polar surface area (TPSA) is 51.6 Å². The zero-order valence-electron chi connectivity index (χ0n) is 12.0. The number of nitrogens with zero attached hydrogens (tertiary/aromatic N) is 1. The lowest BCUT2D eigenvalue weighted by Crippen LogP contribution is -2.41. The summed E-state index contributed by atoms with van der Waals surface area (Å²) in [6, 6.07) is 4.52. The van der Waals surface area contributed by atoms with Gasteiger partial charge in [-0.05, 0) is 25.6 Å². The first-order valence-electron chi connectivity index (χ1n) is 6.71. The predicted molar refractivity (Wildman–Crippen MR) is 73.6 cm³/mol. The highest BCUT2D eigenvalue weighted by Crippen LogP contribution is 2.24. The summed E-state index contributed by atoms with van der Waals surface area (Å²) in [5.74, 6) is 1.97. The summed E-state index contributed by atoms with van der Waals surface area (Å²) in [4.78, 5) is 2.32. The van der Waals surface area contributed by atoms with Crippen molar-refractivity contribution in [1.29, 1.82) is 0 Å². The number of nitrogens with two attached hydrogens (primary N) is 1. The lowest BCUT2D eigenvalue weighted by Gasteiger charge is -2.33. The third-order valence-corrected chi connectivity index (χ3v) is 3.32. The Morgan fingerprint density at radius 3 is 2.56 bits per heavy atom. The lowest BCUT2D eigenvalue weighted by atomic mass is 10.1. The van der Waals surface area contributed by atoms with Crippen LogP contribution in [0.15, 0.2) is 16.5 Å². The molecule has 4 nitrogen and oxygen atoms in total. The summed E-state index contributed by atoms with van der Waals surface area (Å²) in [5.41, 5.74) is 5.92. The Morgan fingerprint density at radius 2 is 2.11 bits per heavy atom. The molecule has 0 aliphatic rings. The van der Waals surface area contributed by atoms with Crippen molar-refractivity contribution in [2.24, 2.45) is 5.73 Å². The Labute approximate surface area is 110 Å². The highest BCUT2D eigenvalue weighted by molar-refractivity contribution is 5.11. The Hall–Kier alpha value is -0.840. The summed E-state index contributed by atoms with van der Waals surface area (Å²) >= 11 is 0. The molecule has 18 heavy (non-hydrogen) atoms. The van der Waals surface area contributed by atoms with Crippen molar-refractivity contribution >= 4 is 0 Å². The summed E-state index contributed by atoms with van der Waals surface area (Å²) in [5, 5.41) is 0. The van der Waals surface area contributed by atoms with E-state index in [9.17, 15) is 0 Å². The van der Waals surface area contributed by atoms with Gasteiger partial charge in [-0.25, -0.2) is 0 Å². The average molecular weight is 254 g/mol. The molecule has 0 bridgehead atoms. The highest BCUT2D eigenvalue weighted by atomic mass is 16.5. The molecule has 0 aliphatic heterocycles. The van der Waals surface area contributed by atoms with E-state index in [2.05, 4.69) is 25.7 Å².